The molecule has 0 heterocycles. The summed E-state index contributed by atoms with van der Waals surface area (Å²) in [6.45, 7) is 2.30. The minimum atomic E-state index is 0. The Bertz CT molecular complexity index is 884. The van der Waals surface area contributed by atoms with E-state index in [4.69, 9.17) is 0 Å². The van der Waals surface area contributed by atoms with Gasteiger partial charge in [-0.3, -0.25) is 0 Å². The fourth-order valence-corrected chi connectivity index (χ4v) is 6.43. The van der Waals surface area contributed by atoms with E-state index in [1.165, 1.54) is 87.3 Å². The SMILES string of the molecule is Br.CCCCCCCCCCCCC(Cc1ccccc1)C(P)(Cc1ccccc1)Cc1ccccc1. The highest BCUT2D eigenvalue weighted by Crippen LogP contribution is 2.40. The Morgan fingerprint density at radius 3 is 1.35 bits per heavy atom. The van der Waals surface area contributed by atoms with Gasteiger partial charge in [-0.25, -0.2) is 0 Å². The van der Waals surface area contributed by atoms with Crippen molar-refractivity contribution in [3.05, 3.63) is 108 Å². The first-order valence-electron chi connectivity index (χ1n) is 14.6. The van der Waals surface area contributed by atoms with Crippen LogP contribution in [0.4, 0.5) is 0 Å². The molecule has 0 radical (unpaired) electrons. The third kappa shape index (κ3) is 12.3. The second-order valence-electron chi connectivity index (χ2n) is 10.9. The van der Waals surface area contributed by atoms with E-state index in [9.17, 15) is 0 Å². The zero-order valence-corrected chi connectivity index (χ0v) is 26.0. The van der Waals surface area contributed by atoms with Crippen LogP contribution in [0.5, 0.6) is 0 Å². The van der Waals surface area contributed by atoms with Crippen LogP contribution in [0, 0.1) is 5.92 Å². The van der Waals surface area contributed by atoms with E-state index >= 15 is 0 Å². The molecule has 2 unspecified atom stereocenters. The van der Waals surface area contributed by atoms with Gasteiger partial charge in [0.05, 0.1) is 0 Å². The highest BCUT2D eigenvalue weighted by molar-refractivity contribution is 8.93. The van der Waals surface area contributed by atoms with Gasteiger partial charge >= 0.3 is 0 Å². The molecule has 0 aliphatic carbocycles. The molecule has 0 saturated heterocycles. The second kappa shape index (κ2) is 18.8. The van der Waals surface area contributed by atoms with Crippen LogP contribution in [0.1, 0.15) is 94.2 Å². The predicted molar refractivity (Wildman–Crippen MR) is 173 cm³/mol. The monoisotopic (exact) mass is 580 g/mol. The molecule has 0 spiro atoms. The summed E-state index contributed by atoms with van der Waals surface area (Å²) in [6, 6.07) is 33.5. The minimum absolute atomic E-state index is 0. The Labute approximate surface area is 241 Å². The summed E-state index contributed by atoms with van der Waals surface area (Å²) >= 11 is 0. The van der Waals surface area contributed by atoms with Crippen molar-refractivity contribution < 1.29 is 0 Å². The first kappa shape index (κ1) is 31.8. The van der Waals surface area contributed by atoms with Crippen molar-refractivity contribution in [2.24, 2.45) is 5.92 Å². The molecule has 0 nitrogen and oxygen atoms in total. The van der Waals surface area contributed by atoms with E-state index < -0.39 is 0 Å². The number of rotatable bonds is 18. The van der Waals surface area contributed by atoms with E-state index in [2.05, 4.69) is 107 Å². The Balaban J connectivity index is 0.00000481. The van der Waals surface area contributed by atoms with E-state index in [1.54, 1.807) is 0 Å². The van der Waals surface area contributed by atoms with Gasteiger partial charge < -0.3 is 0 Å². The lowest BCUT2D eigenvalue weighted by Crippen LogP contribution is -2.38. The molecule has 37 heavy (non-hydrogen) atoms. The lowest BCUT2D eigenvalue weighted by molar-refractivity contribution is 0.330. The summed E-state index contributed by atoms with van der Waals surface area (Å²) in [5.41, 5.74) is 4.37. The summed E-state index contributed by atoms with van der Waals surface area (Å²) in [5, 5.41) is 0.137. The van der Waals surface area contributed by atoms with Crippen LogP contribution in [-0.4, -0.2) is 5.16 Å². The van der Waals surface area contributed by atoms with Crippen molar-refractivity contribution in [2.75, 3.05) is 0 Å². The topological polar surface area (TPSA) is 0 Å². The average molecular weight is 582 g/mol. The zero-order valence-electron chi connectivity index (χ0n) is 23.1. The second-order valence-corrected chi connectivity index (χ2v) is 12.1. The lowest BCUT2D eigenvalue weighted by atomic mass is 9.75. The first-order chi connectivity index (χ1) is 17.7. The molecule has 0 aliphatic heterocycles. The zero-order chi connectivity index (χ0) is 25.3. The molecular formula is C35H50BrP. The number of benzene rings is 3. The highest BCUT2D eigenvalue weighted by Gasteiger charge is 2.34. The quantitative estimate of drug-likeness (QED) is 0.104. The maximum Gasteiger partial charge on any atom is -0.00385 e. The Hall–Kier alpha value is -1.43. The van der Waals surface area contributed by atoms with Crippen LogP contribution in [0.15, 0.2) is 91.0 Å². The van der Waals surface area contributed by atoms with Gasteiger partial charge in [-0.05, 0) is 53.4 Å². The summed E-state index contributed by atoms with van der Waals surface area (Å²) < 4.78 is 0. The van der Waals surface area contributed by atoms with Gasteiger partial charge in [0.15, 0.2) is 0 Å². The molecule has 3 aromatic carbocycles. The summed E-state index contributed by atoms with van der Waals surface area (Å²) in [6.07, 6.45) is 18.6. The molecule has 3 aromatic rings. The molecule has 0 fully saturated rings. The molecule has 202 valence electrons. The minimum Gasteiger partial charge on any atom is -0.130 e. The Morgan fingerprint density at radius 1 is 0.541 bits per heavy atom. The van der Waals surface area contributed by atoms with Gasteiger partial charge in [0.25, 0.3) is 0 Å². The van der Waals surface area contributed by atoms with E-state index in [0.29, 0.717) is 5.92 Å². The standard InChI is InChI=1S/C35H49P.BrH/c1-2-3-4-5-6-7-8-9-10-20-27-34(28-31-21-14-11-15-22-31)35(36,29-32-23-16-12-17-24-32)30-33-25-18-13-19-26-33;/h11-19,21-26,34H,2-10,20,27-30,36H2,1H3;1H. The number of unbranched alkanes of at least 4 members (excludes halogenated alkanes) is 9. The molecule has 0 saturated carbocycles. The molecule has 0 aromatic heterocycles. The van der Waals surface area contributed by atoms with Gasteiger partial charge in [0, 0.05) is 0 Å². The van der Waals surface area contributed by atoms with E-state index in [1.807, 2.05) is 0 Å². The Kier molecular flexibility index (Phi) is 16.1. The average Bonchev–Trinajstić information content (AvgIpc) is 2.90. The van der Waals surface area contributed by atoms with E-state index in [0.717, 1.165) is 19.3 Å². The number of hydrogen-bond donors (Lipinski definition) is 0. The fraction of sp³-hybridized carbons (Fsp3) is 0.486. The third-order valence-electron chi connectivity index (χ3n) is 7.80. The van der Waals surface area contributed by atoms with Crippen molar-refractivity contribution in [3.8, 4) is 0 Å². The van der Waals surface area contributed by atoms with Crippen molar-refractivity contribution in [1.82, 2.24) is 0 Å². The van der Waals surface area contributed by atoms with Gasteiger partial charge in [0.2, 0.25) is 0 Å². The van der Waals surface area contributed by atoms with Gasteiger partial charge in [-0.1, -0.05) is 162 Å². The summed E-state index contributed by atoms with van der Waals surface area (Å²) in [5.74, 6) is 0.624. The first-order valence-corrected chi connectivity index (χ1v) is 15.2. The van der Waals surface area contributed by atoms with Gasteiger partial charge in [0.1, 0.15) is 0 Å². The van der Waals surface area contributed by atoms with E-state index in [-0.39, 0.29) is 22.1 Å². The van der Waals surface area contributed by atoms with Crippen LogP contribution < -0.4 is 0 Å². The van der Waals surface area contributed by atoms with Crippen molar-refractivity contribution in [3.63, 3.8) is 0 Å². The Morgan fingerprint density at radius 2 is 0.919 bits per heavy atom. The largest absolute Gasteiger partial charge is 0.130 e. The smallest absolute Gasteiger partial charge is 0.00385 e. The lowest BCUT2D eigenvalue weighted by Gasteiger charge is -2.39. The van der Waals surface area contributed by atoms with Crippen LogP contribution >= 0.6 is 26.2 Å². The normalized spacial score (nSPS) is 12.2. The van der Waals surface area contributed by atoms with Crippen LogP contribution in [0.25, 0.3) is 0 Å². The molecular weight excluding hydrogens is 531 g/mol. The number of halogens is 1. The van der Waals surface area contributed by atoms with Gasteiger partial charge in [-0.2, -0.15) is 0 Å². The fourth-order valence-electron chi connectivity index (χ4n) is 5.67. The predicted octanol–water partition coefficient (Wildman–Crippen LogP) is 10.8. The number of hydrogen-bond acceptors (Lipinski definition) is 0. The molecule has 0 bridgehead atoms. The molecule has 0 aliphatic rings. The summed E-state index contributed by atoms with van der Waals surface area (Å²) in [4.78, 5) is 0. The highest BCUT2D eigenvalue weighted by atomic mass is 79.9. The van der Waals surface area contributed by atoms with Crippen molar-refractivity contribution >= 4 is 26.2 Å². The summed E-state index contributed by atoms with van der Waals surface area (Å²) in [7, 11) is 3.38. The van der Waals surface area contributed by atoms with Crippen LogP contribution in [0.3, 0.4) is 0 Å². The molecule has 3 rings (SSSR count). The van der Waals surface area contributed by atoms with Crippen LogP contribution in [0.2, 0.25) is 0 Å². The van der Waals surface area contributed by atoms with Crippen molar-refractivity contribution in [1.29, 1.82) is 0 Å². The maximum absolute atomic E-state index is 3.38. The molecule has 2 heteroatoms. The van der Waals surface area contributed by atoms with Crippen molar-refractivity contribution in [2.45, 2.75) is 102 Å². The van der Waals surface area contributed by atoms with Gasteiger partial charge in [-0.15, -0.1) is 26.2 Å². The molecule has 2 atom stereocenters. The molecule has 0 amide bonds. The van der Waals surface area contributed by atoms with Crippen LogP contribution in [-0.2, 0) is 19.3 Å². The molecule has 0 N–H and O–H groups in total. The maximum atomic E-state index is 3.38. The third-order valence-corrected chi connectivity index (χ3v) is 8.68.